The summed E-state index contributed by atoms with van der Waals surface area (Å²) in [4.78, 5) is 20.2. The van der Waals surface area contributed by atoms with E-state index in [1.807, 2.05) is 60.8 Å². The van der Waals surface area contributed by atoms with Crippen LogP contribution >= 0.6 is 0 Å². The molecular formula is C18H12N2O. The van der Waals surface area contributed by atoms with Gasteiger partial charge in [0.25, 0.3) is 0 Å². The number of hydrogen-bond acceptors (Lipinski definition) is 2. The molecule has 0 atom stereocenters. The highest BCUT2D eigenvalue weighted by molar-refractivity contribution is 6.10. The Labute approximate surface area is 121 Å². The van der Waals surface area contributed by atoms with Crippen LogP contribution in [-0.2, 0) is 0 Å². The van der Waals surface area contributed by atoms with Gasteiger partial charge in [-0.05, 0) is 36.4 Å². The molecule has 0 unspecified atom stereocenters. The Balaban J connectivity index is 1.81. The first kappa shape index (κ1) is 11.9. The maximum absolute atomic E-state index is 12.6. The first-order valence-corrected chi connectivity index (χ1v) is 6.79. The van der Waals surface area contributed by atoms with E-state index in [-0.39, 0.29) is 5.78 Å². The van der Waals surface area contributed by atoms with E-state index in [2.05, 4.69) is 9.97 Å². The summed E-state index contributed by atoms with van der Waals surface area (Å²) in [6, 6.07) is 19.1. The molecule has 4 rings (SSSR count). The van der Waals surface area contributed by atoms with E-state index < -0.39 is 0 Å². The second-order valence-corrected chi connectivity index (χ2v) is 5.00. The maximum atomic E-state index is 12.6. The summed E-state index contributed by atoms with van der Waals surface area (Å²) in [5, 5.41) is 2.07. The standard InChI is InChI=1S/C18H12N2O/c21-18(14-6-7-15-13(11-14)9-10-19-15)17-8-5-12-3-1-2-4-16(12)20-17/h1-11,19H. The molecule has 0 saturated carbocycles. The van der Waals surface area contributed by atoms with Gasteiger partial charge in [0.1, 0.15) is 5.69 Å². The van der Waals surface area contributed by atoms with Gasteiger partial charge in [-0.15, -0.1) is 0 Å². The number of hydrogen-bond donors (Lipinski definition) is 1. The molecule has 0 aliphatic heterocycles. The van der Waals surface area contributed by atoms with E-state index in [0.29, 0.717) is 11.3 Å². The third-order valence-corrected chi connectivity index (χ3v) is 3.65. The average molecular weight is 272 g/mol. The van der Waals surface area contributed by atoms with Crippen LogP contribution in [0.2, 0.25) is 0 Å². The lowest BCUT2D eigenvalue weighted by molar-refractivity contribution is 0.103. The number of carbonyl (C=O) groups is 1. The molecular weight excluding hydrogens is 260 g/mol. The van der Waals surface area contributed by atoms with Crippen molar-refractivity contribution in [3.8, 4) is 0 Å². The van der Waals surface area contributed by atoms with E-state index in [0.717, 1.165) is 21.8 Å². The molecule has 21 heavy (non-hydrogen) atoms. The van der Waals surface area contributed by atoms with Gasteiger partial charge >= 0.3 is 0 Å². The molecule has 100 valence electrons. The molecule has 0 bridgehead atoms. The highest BCUT2D eigenvalue weighted by Crippen LogP contribution is 2.18. The Hall–Kier alpha value is -2.94. The number of fused-ring (bicyclic) bond motifs is 2. The van der Waals surface area contributed by atoms with Crippen LogP contribution in [0.15, 0.2) is 66.9 Å². The molecule has 2 aromatic carbocycles. The zero-order valence-electron chi connectivity index (χ0n) is 11.2. The van der Waals surface area contributed by atoms with Crippen LogP contribution in [0.5, 0.6) is 0 Å². The van der Waals surface area contributed by atoms with Gasteiger partial charge in [0.2, 0.25) is 5.78 Å². The monoisotopic (exact) mass is 272 g/mol. The number of nitrogens with one attached hydrogen (secondary N) is 1. The van der Waals surface area contributed by atoms with Crippen molar-refractivity contribution in [3.63, 3.8) is 0 Å². The summed E-state index contributed by atoms with van der Waals surface area (Å²) >= 11 is 0. The smallest absolute Gasteiger partial charge is 0.211 e. The number of H-pyrrole nitrogens is 1. The molecule has 0 radical (unpaired) electrons. The number of pyridine rings is 1. The Morgan fingerprint density at radius 3 is 2.76 bits per heavy atom. The minimum absolute atomic E-state index is 0.0520. The third kappa shape index (κ3) is 1.99. The lowest BCUT2D eigenvalue weighted by atomic mass is 10.0. The lowest BCUT2D eigenvalue weighted by Gasteiger charge is -2.03. The van der Waals surface area contributed by atoms with Crippen molar-refractivity contribution in [2.24, 2.45) is 0 Å². The van der Waals surface area contributed by atoms with Gasteiger partial charge in [0, 0.05) is 28.0 Å². The minimum atomic E-state index is -0.0520. The number of aromatic nitrogens is 2. The zero-order valence-corrected chi connectivity index (χ0v) is 11.2. The van der Waals surface area contributed by atoms with Gasteiger partial charge in [-0.3, -0.25) is 4.79 Å². The van der Waals surface area contributed by atoms with Crippen molar-refractivity contribution < 1.29 is 4.79 Å². The van der Waals surface area contributed by atoms with Gasteiger partial charge in [-0.1, -0.05) is 24.3 Å². The van der Waals surface area contributed by atoms with Crippen LogP contribution in [0.3, 0.4) is 0 Å². The highest BCUT2D eigenvalue weighted by atomic mass is 16.1. The number of nitrogens with zero attached hydrogens (tertiary/aromatic N) is 1. The summed E-state index contributed by atoms with van der Waals surface area (Å²) in [5.74, 6) is -0.0520. The van der Waals surface area contributed by atoms with E-state index in [1.165, 1.54) is 0 Å². The quantitative estimate of drug-likeness (QED) is 0.562. The van der Waals surface area contributed by atoms with E-state index in [9.17, 15) is 4.79 Å². The molecule has 0 spiro atoms. The van der Waals surface area contributed by atoms with Crippen LogP contribution in [0, 0.1) is 0 Å². The average Bonchev–Trinajstić information content (AvgIpc) is 3.01. The number of carbonyl (C=O) groups excluding carboxylic acids is 1. The molecule has 0 amide bonds. The SMILES string of the molecule is O=C(c1ccc2[nH]ccc2c1)c1ccc2ccccc2n1. The summed E-state index contributed by atoms with van der Waals surface area (Å²) < 4.78 is 0. The van der Waals surface area contributed by atoms with E-state index in [1.54, 1.807) is 6.07 Å². The lowest BCUT2D eigenvalue weighted by Crippen LogP contribution is -2.03. The number of para-hydroxylation sites is 1. The van der Waals surface area contributed by atoms with Crippen LogP contribution in [-0.4, -0.2) is 15.8 Å². The Morgan fingerprint density at radius 1 is 0.905 bits per heavy atom. The van der Waals surface area contributed by atoms with Gasteiger partial charge in [-0.25, -0.2) is 4.98 Å². The highest BCUT2D eigenvalue weighted by Gasteiger charge is 2.11. The topological polar surface area (TPSA) is 45.8 Å². The second kappa shape index (κ2) is 4.56. The fourth-order valence-electron chi connectivity index (χ4n) is 2.53. The van der Waals surface area contributed by atoms with Crippen LogP contribution < -0.4 is 0 Å². The second-order valence-electron chi connectivity index (χ2n) is 5.00. The number of rotatable bonds is 2. The minimum Gasteiger partial charge on any atom is -0.361 e. The maximum Gasteiger partial charge on any atom is 0.211 e. The predicted molar refractivity (Wildman–Crippen MR) is 83.5 cm³/mol. The fraction of sp³-hybridized carbons (Fsp3) is 0. The summed E-state index contributed by atoms with van der Waals surface area (Å²) in [6.07, 6.45) is 1.87. The van der Waals surface area contributed by atoms with Crippen molar-refractivity contribution in [2.45, 2.75) is 0 Å². The Morgan fingerprint density at radius 2 is 1.81 bits per heavy atom. The largest absolute Gasteiger partial charge is 0.361 e. The predicted octanol–water partition coefficient (Wildman–Crippen LogP) is 3.95. The Bertz CT molecular complexity index is 969. The van der Waals surface area contributed by atoms with Crippen LogP contribution in [0.1, 0.15) is 16.1 Å². The van der Waals surface area contributed by atoms with Crippen LogP contribution in [0.4, 0.5) is 0 Å². The first-order valence-electron chi connectivity index (χ1n) is 6.79. The van der Waals surface area contributed by atoms with Crippen molar-refractivity contribution in [1.82, 2.24) is 9.97 Å². The van der Waals surface area contributed by atoms with Gasteiger partial charge < -0.3 is 4.98 Å². The van der Waals surface area contributed by atoms with Gasteiger partial charge in [0.15, 0.2) is 0 Å². The van der Waals surface area contributed by atoms with Crippen molar-refractivity contribution in [2.75, 3.05) is 0 Å². The molecule has 4 aromatic rings. The summed E-state index contributed by atoms with van der Waals surface area (Å²) in [6.45, 7) is 0. The van der Waals surface area contributed by atoms with E-state index >= 15 is 0 Å². The normalized spacial score (nSPS) is 11.0. The molecule has 0 aliphatic carbocycles. The van der Waals surface area contributed by atoms with Crippen molar-refractivity contribution in [3.05, 3.63) is 78.1 Å². The Kier molecular flexibility index (Phi) is 2.57. The summed E-state index contributed by atoms with van der Waals surface area (Å²) in [7, 11) is 0. The van der Waals surface area contributed by atoms with Crippen LogP contribution in [0.25, 0.3) is 21.8 Å². The molecule has 3 heteroatoms. The van der Waals surface area contributed by atoms with Gasteiger partial charge in [-0.2, -0.15) is 0 Å². The molecule has 3 nitrogen and oxygen atoms in total. The molecule has 0 saturated heterocycles. The van der Waals surface area contributed by atoms with Crippen molar-refractivity contribution in [1.29, 1.82) is 0 Å². The summed E-state index contributed by atoms with van der Waals surface area (Å²) in [5.41, 5.74) is 3.00. The molecule has 2 heterocycles. The first-order chi connectivity index (χ1) is 10.3. The molecule has 0 aliphatic rings. The third-order valence-electron chi connectivity index (χ3n) is 3.65. The zero-order chi connectivity index (χ0) is 14.2. The number of ketones is 1. The van der Waals surface area contributed by atoms with E-state index in [4.69, 9.17) is 0 Å². The molecule has 1 N–H and O–H groups in total. The van der Waals surface area contributed by atoms with Crippen molar-refractivity contribution >= 4 is 27.6 Å². The number of benzene rings is 2. The fourth-order valence-corrected chi connectivity index (χ4v) is 2.53. The molecule has 2 aromatic heterocycles. The number of aromatic amines is 1. The molecule has 0 fully saturated rings. The van der Waals surface area contributed by atoms with Gasteiger partial charge in [0.05, 0.1) is 5.52 Å².